The molecule has 0 fully saturated rings. The second-order valence-electron chi connectivity index (χ2n) is 2.18. The van der Waals surface area contributed by atoms with Crippen LogP contribution in [0.5, 0.6) is 0 Å². The second kappa shape index (κ2) is 3.93. The second-order valence-corrected chi connectivity index (χ2v) is 2.18. The molecular formula is C7H13NO2. The van der Waals surface area contributed by atoms with Gasteiger partial charge in [0.15, 0.2) is 0 Å². The molecule has 2 N–H and O–H groups in total. The molecule has 0 aromatic heterocycles. The van der Waals surface area contributed by atoms with Gasteiger partial charge < -0.3 is 10.5 Å². The van der Waals surface area contributed by atoms with Crippen LogP contribution in [0.15, 0.2) is 12.2 Å². The van der Waals surface area contributed by atoms with Crippen molar-refractivity contribution < 1.29 is 9.53 Å². The zero-order chi connectivity index (χ0) is 8.15. The van der Waals surface area contributed by atoms with E-state index in [1.807, 2.05) is 6.92 Å². The fraction of sp³-hybridized carbons (Fsp3) is 0.571. The highest BCUT2D eigenvalue weighted by Gasteiger charge is 2.09. The molecule has 0 aliphatic rings. The molecule has 58 valence electrons. The van der Waals surface area contributed by atoms with Crippen LogP contribution in [0.3, 0.4) is 0 Å². The number of ether oxygens (including phenoxy) is 1. The average Bonchev–Trinajstić information content (AvgIpc) is 1.81. The lowest BCUT2D eigenvalue weighted by Gasteiger charge is -2.13. The summed E-state index contributed by atoms with van der Waals surface area (Å²) in [6.45, 7) is 7.35. The predicted molar refractivity (Wildman–Crippen MR) is 39.6 cm³/mol. The van der Waals surface area contributed by atoms with Crippen LogP contribution in [0.1, 0.15) is 20.3 Å². The Morgan fingerprint density at radius 3 is 2.40 bits per heavy atom. The van der Waals surface area contributed by atoms with Crippen molar-refractivity contribution in [2.75, 3.05) is 0 Å². The molecule has 0 aromatic carbocycles. The van der Waals surface area contributed by atoms with Gasteiger partial charge in [0.1, 0.15) is 6.10 Å². The van der Waals surface area contributed by atoms with Crippen molar-refractivity contribution in [1.82, 2.24) is 0 Å². The van der Waals surface area contributed by atoms with Crippen molar-refractivity contribution in [1.29, 1.82) is 0 Å². The standard InChI is InChI=1S/C7H13NO2/c1-4-6(5(2)3)10-7(8)9/h6H,2,4H2,1,3H3,(H2,8,9). The third-order valence-electron chi connectivity index (χ3n) is 1.18. The van der Waals surface area contributed by atoms with Crippen molar-refractivity contribution >= 4 is 6.09 Å². The number of hydrogen-bond acceptors (Lipinski definition) is 2. The Morgan fingerprint density at radius 2 is 2.30 bits per heavy atom. The number of primary amides is 1. The zero-order valence-electron chi connectivity index (χ0n) is 6.39. The Hall–Kier alpha value is -0.990. The molecule has 0 saturated heterocycles. The van der Waals surface area contributed by atoms with E-state index >= 15 is 0 Å². The molecule has 3 heteroatoms. The number of hydrogen-bond donors (Lipinski definition) is 1. The summed E-state index contributed by atoms with van der Waals surface area (Å²) in [5, 5.41) is 0. The summed E-state index contributed by atoms with van der Waals surface area (Å²) in [6.07, 6.45) is -0.245. The van der Waals surface area contributed by atoms with Crippen molar-refractivity contribution in [3.8, 4) is 0 Å². The third kappa shape index (κ3) is 3.12. The molecule has 0 aliphatic heterocycles. The molecule has 0 rings (SSSR count). The summed E-state index contributed by atoms with van der Waals surface area (Å²) >= 11 is 0. The first-order valence-electron chi connectivity index (χ1n) is 3.19. The van der Waals surface area contributed by atoms with Gasteiger partial charge in [-0.15, -0.1) is 0 Å². The topological polar surface area (TPSA) is 52.3 Å². The molecule has 0 radical (unpaired) electrons. The highest BCUT2D eigenvalue weighted by atomic mass is 16.6. The van der Waals surface area contributed by atoms with E-state index < -0.39 is 6.09 Å². The van der Waals surface area contributed by atoms with Crippen LogP contribution in [0, 0.1) is 0 Å². The molecule has 10 heavy (non-hydrogen) atoms. The van der Waals surface area contributed by atoms with Gasteiger partial charge in [-0.25, -0.2) is 4.79 Å². The van der Waals surface area contributed by atoms with Crippen LogP contribution < -0.4 is 5.73 Å². The van der Waals surface area contributed by atoms with Crippen molar-refractivity contribution in [2.24, 2.45) is 5.73 Å². The molecule has 0 saturated carbocycles. The smallest absolute Gasteiger partial charge is 0.405 e. The molecule has 0 aromatic rings. The van der Waals surface area contributed by atoms with Gasteiger partial charge in [0.25, 0.3) is 0 Å². The number of rotatable bonds is 3. The van der Waals surface area contributed by atoms with E-state index in [1.54, 1.807) is 6.92 Å². The van der Waals surface area contributed by atoms with Crippen LogP contribution in [-0.2, 0) is 4.74 Å². The third-order valence-corrected chi connectivity index (χ3v) is 1.18. The lowest BCUT2D eigenvalue weighted by molar-refractivity contribution is 0.122. The summed E-state index contributed by atoms with van der Waals surface area (Å²) in [6, 6.07) is 0. The Kier molecular flexibility index (Phi) is 3.54. The Bertz CT molecular complexity index is 143. The predicted octanol–water partition coefficient (Wildman–Crippen LogP) is 1.44. The lowest BCUT2D eigenvalue weighted by Crippen LogP contribution is -2.22. The number of amides is 1. The van der Waals surface area contributed by atoms with Gasteiger partial charge >= 0.3 is 6.09 Å². The first-order chi connectivity index (χ1) is 4.57. The van der Waals surface area contributed by atoms with Gasteiger partial charge in [0, 0.05) is 0 Å². The quantitative estimate of drug-likeness (QED) is 0.608. The maximum Gasteiger partial charge on any atom is 0.405 e. The fourth-order valence-corrected chi connectivity index (χ4v) is 0.673. The first kappa shape index (κ1) is 9.01. The molecular weight excluding hydrogens is 130 g/mol. The van der Waals surface area contributed by atoms with Gasteiger partial charge in [-0.3, -0.25) is 0 Å². The van der Waals surface area contributed by atoms with E-state index in [1.165, 1.54) is 0 Å². The summed E-state index contributed by atoms with van der Waals surface area (Å²) in [7, 11) is 0. The zero-order valence-corrected chi connectivity index (χ0v) is 6.39. The summed E-state index contributed by atoms with van der Waals surface area (Å²) in [4.78, 5) is 10.2. The van der Waals surface area contributed by atoms with Crippen molar-refractivity contribution in [3.05, 3.63) is 12.2 Å². The van der Waals surface area contributed by atoms with E-state index in [4.69, 9.17) is 10.5 Å². The number of carbonyl (C=O) groups is 1. The van der Waals surface area contributed by atoms with Crippen LogP contribution in [-0.4, -0.2) is 12.2 Å². The molecule has 0 bridgehead atoms. The molecule has 0 aliphatic carbocycles. The highest BCUT2D eigenvalue weighted by molar-refractivity contribution is 5.65. The van der Waals surface area contributed by atoms with Crippen molar-refractivity contribution in [3.63, 3.8) is 0 Å². The Morgan fingerprint density at radius 1 is 1.80 bits per heavy atom. The van der Waals surface area contributed by atoms with Gasteiger partial charge in [0.2, 0.25) is 0 Å². The molecule has 0 spiro atoms. The average molecular weight is 143 g/mol. The normalized spacial score (nSPS) is 12.2. The van der Waals surface area contributed by atoms with Crippen LogP contribution in [0.2, 0.25) is 0 Å². The van der Waals surface area contributed by atoms with Crippen LogP contribution >= 0.6 is 0 Å². The lowest BCUT2D eigenvalue weighted by atomic mass is 10.1. The highest BCUT2D eigenvalue weighted by Crippen LogP contribution is 2.06. The Labute approximate surface area is 60.9 Å². The van der Waals surface area contributed by atoms with E-state index in [-0.39, 0.29) is 6.10 Å². The summed E-state index contributed by atoms with van der Waals surface area (Å²) in [5.74, 6) is 0. The Balaban J connectivity index is 3.83. The largest absolute Gasteiger partial charge is 0.442 e. The van der Waals surface area contributed by atoms with E-state index in [2.05, 4.69) is 6.58 Å². The van der Waals surface area contributed by atoms with Crippen LogP contribution in [0.25, 0.3) is 0 Å². The minimum absolute atomic E-state index is 0.225. The molecule has 0 heterocycles. The maximum absolute atomic E-state index is 10.2. The summed E-state index contributed by atoms with van der Waals surface area (Å²) < 4.78 is 4.70. The van der Waals surface area contributed by atoms with E-state index in [9.17, 15) is 4.79 Å². The monoisotopic (exact) mass is 143 g/mol. The molecule has 1 unspecified atom stereocenters. The fourth-order valence-electron chi connectivity index (χ4n) is 0.673. The maximum atomic E-state index is 10.2. The van der Waals surface area contributed by atoms with E-state index in [0.29, 0.717) is 0 Å². The van der Waals surface area contributed by atoms with Gasteiger partial charge in [-0.1, -0.05) is 13.5 Å². The summed E-state index contributed by atoms with van der Waals surface area (Å²) in [5.41, 5.74) is 5.63. The molecule has 1 atom stereocenters. The van der Waals surface area contributed by atoms with Crippen LogP contribution in [0.4, 0.5) is 4.79 Å². The SMILES string of the molecule is C=C(C)C(CC)OC(N)=O. The molecule has 1 amide bonds. The number of carbonyl (C=O) groups excluding carboxylic acids is 1. The number of nitrogens with two attached hydrogens (primary N) is 1. The minimum atomic E-state index is -0.741. The van der Waals surface area contributed by atoms with Gasteiger partial charge in [0.05, 0.1) is 0 Å². The van der Waals surface area contributed by atoms with Gasteiger partial charge in [-0.2, -0.15) is 0 Å². The van der Waals surface area contributed by atoms with E-state index in [0.717, 1.165) is 12.0 Å². The molecule has 3 nitrogen and oxygen atoms in total. The van der Waals surface area contributed by atoms with Gasteiger partial charge in [-0.05, 0) is 18.9 Å². The van der Waals surface area contributed by atoms with Crippen molar-refractivity contribution in [2.45, 2.75) is 26.4 Å². The first-order valence-corrected chi connectivity index (χ1v) is 3.19. The minimum Gasteiger partial charge on any atom is -0.442 e.